The average molecular weight is 345 g/mol. The Morgan fingerprint density at radius 3 is 2.30 bits per heavy atom. The number of likely N-dealkylation sites (tertiary alicyclic amines) is 1. The average Bonchev–Trinajstić information content (AvgIpc) is 2.43. The number of amides is 2. The van der Waals surface area contributed by atoms with E-state index in [2.05, 4.69) is 12.6 Å². The van der Waals surface area contributed by atoms with Crippen LogP contribution in [0.15, 0.2) is 0 Å². The number of carbonyl (C=O) groups is 4. The van der Waals surface area contributed by atoms with Crippen LogP contribution in [0.3, 0.4) is 0 Å². The molecule has 8 nitrogen and oxygen atoms in total. The molecule has 0 spiro atoms. The van der Waals surface area contributed by atoms with Crippen LogP contribution in [0, 0.1) is 0 Å². The molecule has 1 fully saturated rings. The molecule has 5 N–H and O–H groups in total. The molecule has 1 rings (SSSR count). The summed E-state index contributed by atoms with van der Waals surface area (Å²) in [5, 5.41) is 9.80. The van der Waals surface area contributed by atoms with Crippen molar-refractivity contribution in [2.75, 3.05) is 5.75 Å². The van der Waals surface area contributed by atoms with E-state index in [0.29, 0.717) is 17.7 Å². The lowest BCUT2D eigenvalue weighted by atomic mass is 9.72. The Morgan fingerprint density at radius 2 is 1.87 bits per heavy atom. The van der Waals surface area contributed by atoms with Crippen LogP contribution in [-0.4, -0.2) is 56.4 Å². The number of ketones is 1. The minimum Gasteiger partial charge on any atom is -0.479 e. The van der Waals surface area contributed by atoms with Gasteiger partial charge in [-0.1, -0.05) is 0 Å². The zero-order valence-corrected chi connectivity index (χ0v) is 14.1. The Morgan fingerprint density at radius 1 is 1.35 bits per heavy atom. The summed E-state index contributed by atoms with van der Waals surface area (Å²) in [6.45, 7) is 2.61. The van der Waals surface area contributed by atoms with Gasteiger partial charge in [0.15, 0.2) is 5.78 Å². The topological polar surface area (TPSA) is 144 Å². The highest BCUT2D eigenvalue weighted by atomic mass is 32.1. The molecular formula is C14H23N3O5S. The van der Waals surface area contributed by atoms with Crippen LogP contribution in [-0.2, 0) is 19.2 Å². The van der Waals surface area contributed by atoms with Crippen molar-refractivity contribution in [3.05, 3.63) is 0 Å². The van der Waals surface area contributed by atoms with Gasteiger partial charge in [0.25, 0.3) is 0 Å². The normalized spacial score (nSPS) is 24.8. The molecule has 1 saturated heterocycles. The Labute approximate surface area is 140 Å². The van der Waals surface area contributed by atoms with Gasteiger partial charge in [0.2, 0.25) is 17.4 Å². The highest BCUT2D eigenvalue weighted by Gasteiger charge is 2.63. The summed E-state index contributed by atoms with van der Waals surface area (Å²) < 4.78 is 0. The molecule has 1 heterocycles. The second-order valence-corrected chi connectivity index (χ2v) is 6.59. The summed E-state index contributed by atoms with van der Waals surface area (Å²) in [5.41, 5.74) is 7.46. The van der Waals surface area contributed by atoms with E-state index in [0.717, 1.165) is 0 Å². The van der Waals surface area contributed by atoms with Gasteiger partial charge in [-0.25, -0.2) is 4.79 Å². The minimum atomic E-state index is -2.48. The number of hydrogen-bond acceptors (Lipinski definition) is 7. The number of carbonyl (C=O) groups excluding carboxylic acids is 3. The molecular weight excluding hydrogens is 322 g/mol. The number of imide groups is 1. The molecule has 0 aliphatic carbocycles. The fourth-order valence-corrected chi connectivity index (χ4v) is 2.99. The molecule has 130 valence electrons. The van der Waals surface area contributed by atoms with Crippen molar-refractivity contribution in [1.29, 1.82) is 0 Å². The third-order valence-electron chi connectivity index (χ3n) is 4.01. The quantitative estimate of drug-likeness (QED) is 0.389. The number of carboxylic acids is 1. The number of nitrogens with zero attached hydrogens (tertiary/aromatic N) is 1. The summed E-state index contributed by atoms with van der Waals surface area (Å²) in [5.74, 6) is -4.23. The van der Waals surface area contributed by atoms with Crippen LogP contribution in [0.25, 0.3) is 0 Å². The third-order valence-corrected chi connectivity index (χ3v) is 4.40. The molecule has 1 aliphatic rings. The van der Waals surface area contributed by atoms with E-state index in [1.165, 1.54) is 13.8 Å². The maximum absolute atomic E-state index is 12.7. The number of thiol groups is 1. The second kappa shape index (κ2) is 6.98. The first-order valence-electron chi connectivity index (χ1n) is 7.30. The van der Waals surface area contributed by atoms with Gasteiger partial charge in [-0.05, 0) is 26.7 Å². The monoisotopic (exact) mass is 345 g/mol. The Hall–Kier alpha value is -1.45. The lowest BCUT2D eigenvalue weighted by molar-refractivity contribution is -0.176. The molecule has 0 bridgehead atoms. The summed E-state index contributed by atoms with van der Waals surface area (Å²) in [7, 11) is 0. The maximum Gasteiger partial charge on any atom is 0.339 e. The van der Waals surface area contributed by atoms with Gasteiger partial charge in [0, 0.05) is 18.6 Å². The van der Waals surface area contributed by atoms with Gasteiger partial charge in [-0.15, -0.1) is 0 Å². The highest BCUT2D eigenvalue weighted by molar-refractivity contribution is 7.80. The third kappa shape index (κ3) is 3.26. The summed E-state index contributed by atoms with van der Waals surface area (Å²) in [6, 6.07) is -1.21. The number of nitrogens with two attached hydrogens (primary N) is 2. The smallest absolute Gasteiger partial charge is 0.339 e. The van der Waals surface area contributed by atoms with E-state index in [9.17, 15) is 24.3 Å². The van der Waals surface area contributed by atoms with Crippen molar-refractivity contribution >= 4 is 36.2 Å². The van der Waals surface area contributed by atoms with Gasteiger partial charge in [-0.2, -0.15) is 12.6 Å². The predicted octanol–water partition coefficient (Wildman–Crippen LogP) is -0.697. The van der Waals surface area contributed by atoms with Crippen molar-refractivity contribution in [3.63, 3.8) is 0 Å². The van der Waals surface area contributed by atoms with Crippen LogP contribution >= 0.6 is 12.6 Å². The Bertz CT molecular complexity index is 531. The number of carboxylic acid groups (broad SMARTS) is 1. The van der Waals surface area contributed by atoms with Gasteiger partial charge in [0.1, 0.15) is 0 Å². The molecule has 1 aliphatic heterocycles. The van der Waals surface area contributed by atoms with Gasteiger partial charge in [0.05, 0.1) is 11.6 Å². The van der Waals surface area contributed by atoms with E-state index in [1.807, 2.05) is 0 Å². The van der Waals surface area contributed by atoms with Gasteiger partial charge >= 0.3 is 5.97 Å². The summed E-state index contributed by atoms with van der Waals surface area (Å²) in [6.07, 6.45) is 0.602. The number of hydrogen-bond donors (Lipinski definition) is 4. The molecule has 0 radical (unpaired) electrons. The molecule has 0 unspecified atom stereocenters. The molecule has 9 heteroatoms. The van der Waals surface area contributed by atoms with Crippen LogP contribution in [0.1, 0.15) is 39.5 Å². The standard InChI is InChI=1S/C14H23N3O5S/c1-13(2,16)14(12(21)22)9(18)5-3-4-6-10(19)17(14)11(20)8(15)7-23/h8,23H,3-7,15-16H2,1-2H3,(H,21,22)/t8-,14+/m0/s1. The SMILES string of the molecule is CC(C)(N)[C@]1(C(=O)O)C(=O)CCCCC(=O)N1C(=O)[C@@H](N)CS. The fourth-order valence-electron chi connectivity index (χ4n) is 2.84. The lowest BCUT2D eigenvalue weighted by Crippen LogP contribution is -2.77. The number of Topliss-reactive ketones (excluding diaryl/α,β-unsaturated/α-hetero) is 1. The van der Waals surface area contributed by atoms with Crippen LogP contribution < -0.4 is 11.5 Å². The van der Waals surface area contributed by atoms with Crippen molar-refractivity contribution in [2.45, 2.75) is 56.7 Å². The summed E-state index contributed by atoms with van der Waals surface area (Å²) in [4.78, 5) is 50.3. The van der Waals surface area contributed by atoms with E-state index >= 15 is 0 Å². The van der Waals surface area contributed by atoms with Gasteiger partial charge < -0.3 is 16.6 Å². The van der Waals surface area contributed by atoms with Crippen molar-refractivity contribution in [3.8, 4) is 0 Å². The van der Waals surface area contributed by atoms with Crippen molar-refractivity contribution < 1.29 is 24.3 Å². The minimum absolute atomic E-state index is 0.0522. The zero-order valence-electron chi connectivity index (χ0n) is 13.2. The summed E-state index contributed by atoms with van der Waals surface area (Å²) >= 11 is 3.91. The first-order valence-corrected chi connectivity index (χ1v) is 7.94. The molecule has 0 aromatic heterocycles. The first-order chi connectivity index (χ1) is 10.5. The molecule has 23 heavy (non-hydrogen) atoms. The largest absolute Gasteiger partial charge is 0.479 e. The van der Waals surface area contributed by atoms with Crippen molar-refractivity contribution in [1.82, 2.24) is 4.90 Å². The van der Waals surface area contributed by atoms with E-state index in [1.54, 1.807) is 0 Å². The first kappa shape index (κ1) is 19.6. The van der Waals surface area contributed by atoms with Crippen LogP contribution in [0.4, 0.5) is 0 Å². The number of aliphatic carboxylic acids is 1. The number of rotatable bonds is 4. The van der Waals surface area contributed by atoms with E-state index < -0.39 is 40.7 Å². The molecule has 0 aromatic carbocycles. The van der Waals surface area contributed by atoms with Gasteiger partial charge in [-0.3, -0.25) is 19.3 Å². The second-order valence-electron chi connectivity index (χ2n) is 6.22. The molecule has 0 aromatic rings. The zero-order chi connectivity index (χ0) is 18.0. The van der Waals surface area contributed by atoms with Crippen LogP contribution in [0.2, 0.25) is 0 Å². The molecule has 2 amide bonds. The maximum atomic E-state index is 12.7. The van der Waals surface area contributed by atoms with E-state index in [-0.39, 0.29) is 18.6 Å². The Kier molecular flexibility index (Phi) is 5.95. The fraction of sp³-hybridized carbons (Fsp3) is 0.714. The predicted molar refractivity (Wildman–Crippen MR) is 85.8 cm³/mol. The lowest BCUT2D eigenvalue weighted by Gasteiger charge is -2.47. The van der Waals surface area contributed by atoms with Crippen molar-refractivity contribution in [2.24, 2.45) is 11.5 Å². The van der Waals surface area contributed by atoms with E-state index in [4.69, 9.17) is 11.5 Å². The molecule has 2 atom stereocenters. The Balaban J connectivity index is 3.67. The highest BCUT2D eigenvalue weighted by Crippen LogP contribution is 2.34. The van der Waals surface area contributed by atoms with Crippen LogP contribution in [0.5, 0.6) is 0 Å². The molecule has 0 saturated carbocycles.